The fourth-order valence-electron chi connectivity index (χ4n) is 5.18. The number of anilines is 2. The molecule has 4 aromatic heterocycles. The lowest BCUT2D eigenvalue weighted by molar-refractivity contribution is -0.0668. The van der Waals surface area contributed by atoms with Gasteiger partial charge in [-0.05, 0) is 0 Å². The van der Waals surface area contributed by atoms with E-state index in [0.717, 1.165) is 0 Å². The zero-order chi connectivity index (χ0) is 29.2. The first-order chi connectivity index (χ1) is 20.1. The third-order valence-electron chi connectivity index (χ3n) is 7.05. The first-order valence-corrected chi connectivity index (χ1v) is 15.5. The highest BCUT2D eigenvalue weighted by Gasteiger charge is 2.47. The first kappa shape index (κ1) is 27.7. The summed E-state index contributed by atoms with van der Waals surface area (Å²) < 4.78 is 62.7. The van der Waals surface area contributed by atoms with E-state index in [1.54, 1.807) is 0 Å². The summed E-state index contributed by atoms with van der Waals surface area (Å²) in [5, 5.41) is 0. The summed E-state index contributed by atoms with van der Waals surface area (Å²) in [7, 11) is -9.44. The average molecular weight is 626 g/mol. The van der Waals surface area contributed by atoms with Crippen LogP contribution >= 0.6 is 15.6 Å². The highest BCUT2D eigenvalue weighted by molar-refractivity contribution is 7.47. The number of phosphoric acid groups is 2. The molecule has 0 amide bonds. The Kier molecular flexibility index (Phi) is 6.74. The normalized spacial score (nSPS) is 36.0. The number of hydrogen-bond donors (Lipinski definition) is 4. The molecule has 8 atom stereocenters. The van der Waals surface area contributed by atoms with Gasteiger partial charge >= 0.3 is 15.6 Å². The molecule has 42 heavy (non-hydrogen) atoms. The number of fused-ring (bicyclic) bond motifs is 5. The minimum absolute atomic E-state index is 0.0110. The van der Waals surface area contributed by atoms with Crippen LogP contribution in [-0.2, 0) is 36.7 Å². The van der Waals surface area contributed by atoms with Crippen molar-refractivity contribution in [1.82, 2.24) is 39.0 Å². The Labute approximate surface area is 235 Å². The molecule has 3 aliphatic rings. The molecule has 22 heteroatoms. The van der Waals surface area contributed by atoms with E-state index in [1.807, 2.05) is 0 Å². The molecule has 7 heterocycles. The second kappa shape index (κ2) is 10.2. The average Bonchev–Trinajstić information content (AvgIpc) is 3.71. The van der Waals surface area contributed by atoms with Crippen molar-refractivity contribution in [2.75, 3.05) is 24.7 Å². The summed E-state index contributed by atoms with van der Waals surface area (Å²) in [6, 6.07) is 0. The molecule has 3 aliphatic heterocycles. The number of phosphoric ester groups is 2. The van der Waals surface area contributed by atoms with E-state index in [-0.39, 0.29) is 35.6 Å². The number of nitrogens with zero attached hydrogens (tertiary/aromatic N) is 8. The van der Waals surface area contributed by atoms with Gasteiger partial charge in [0.15, 0.2) is 29.2 Å². The molecular weight excluding hydrogens is 602 g/mol. The molecule has 3 saturated heterocycles. The van der Waals surface area contributed by atoms with Gasteiger partial charge in [0, 0.05) is 12.8 Å². The lowest BCUT2D eigenvalue weighted by atomic mass is 10.2. The molecule has 3 fully saturated rings. The van der Waals surface area contributed by atoms with Crippen LogP contribution in [0.4, 0.5) is 11.6 Å². The molecule has 7 rings (SSSR count). The zero-order valence-corrected chi connectivity index (χ0v) is 23.2. The van der Waals surface area contributed by atoms with E-state index in [2.05, 4.69) is 29.9 Å². The Morgan fingerprint density at radius 3 is 2.02 bits per heavy atom. The topological polar surface area (TPSA) is 269 Å². The van der Waals surface area contributed by atoms with Gasteiger partial charge in [0.05, 0.1) is 32.0 Å². The molecule has 0 saturated carbocycles. The van der Waals surface area contributed by atoms with Gasteiger partial charge in [0.25, 0.3) is 0 Å². The third-order valence-corrected chi connectivity index (χ3v) is 9.07. The van der Waals surface area contributed by atoms with E-state index in [4.69, 9.17) is 39.0 Å². The molecule has 6 N–H and O–H groups in total. The largest absolute Gasteiger partial charge is 0.472 e. The zero-order valence-electron chi connectivity index (χ0n) is 21.4. The van der Waals surface area contributed by atoms with E-state index in [1.165, 1.54) is 34.4 Å². The molecule has 2 bridgehead atoms. The second-order valence-corrected chi connectivity index (χ2v) is 12.5. The molecule has 224 valence electrons. The van der Waals surface area contributed by atoms with Crippen LogP contribution in [0.2, 0.25) is 0 Å². The third kappa shape index (κ3) is 5.05. The van der Waals surface area contributed by atoms with Crippen LogP contribution in [0.3, 0.4) is 0 Å². The number of ether oxygens (including phenoxy) is 2. The maximum Gasteiger partial charge on any atom is 0.472 e. The lowest BCUT2D eigenvalue weighted by Crippen LogP contribution is -2.29. The van der Waals surface area contributed by atoms with Crippen molar-refractivity contribution >= 4 is 49.6 Å². The van der Waals surface area contributed by atoms with Crippen molar-refractivity contribution in [2.24, 2.45) is 0 Å². The van der Waals surface area contributed by atoms with Crippen LogP contribution < -0.4 is 11.5 Å². The number of rotatable bonds is 2. The number of nitrogen functional groups attached to an aromatic ring is 2. The summed E-state index contributed by atoms with van der Waals surface area (Å²) >= 11 is 0. The quantitative estimate of drug-likeness (QED) is 0.219. The molecule has 4 aromatic rings. The van der Waals surface area contributed by atoms with Crippen molar-refractivity contribution in [3.8, 4) is 0 Å². The summed E-state index contributed by atoms with van der Waals surface area (Å²) in [6.45, 7) is -0.952. The summed E-state index contributed by atoms with van der Waals surface area (Å²) in [5.41, 5.74) is 13.0. The smallest absolute Gasteiger partial charge is 0.382 e. The monoisotopic (exact) mass is 626 g/mol. The second-order valence-electron chi connectivity index (χ2n) is 9.73. The van der Waals surface area contributed by atoms with Crippen molar-refractivity contribution < 1.29 is 46.5 Å². The van der Waals surface area contributed by atoms with Crippen molar-refractivity contribution in [3.05, 3.63) is 25.3 Å². The fourth-order valence-corrected chi connectivity index (χ4v) is 7.09. The number of hydrogen-bond acceptors (Lipinski definition) is 16. The highest BCUT2D eigenvalue weighted by Crippen LogP contribution is 2.53. The van der Waals surface area contributed by atoms with Crippen LogP contribution in [-0.4, -0.2) is 86.5 Å². The van der Waals surface area contributed by atoms with Gasteiger partial charge in [-0.2, -0.15) is 0 Å². The van der Waals surface area contributed by atoms with Gasteiger partial charge in [-0.15, -0.1) is 0 Å². The van der Waals surface area contributed by atoms with Crippen LogP contribution in [0, 0.1) is 0 Å². The Bertz CT molecular complexity index is 1750. The lowest BCUT2D eigenvalue weighted by Gasteiger charge is -2.25. The minimum atomic E-state index is -4.75. The maximum atomic E-state index is 13.1. The van der Waals surface area contributed by atoms with E-state index in [0.29, 0.717) is 11.2 Å². The Hall–Kier alpha value is -3.16. The number of imidazole rings is 2. The standard InChI is InChI=1S/C20H24N10O10P2/c21-16-14-18(25-5-23-16)29(7-27-14)13-2-10-12(38-13)4-36-42(33,34)40-11-1-9(3-35-41(31,32)39-10)37-20(11)30-8-28-15-17(22)24-6-26-19(15)30/h5-13,20H,1-4H2,(H,31,32)(H,33,34)(H2,21,23,25)(H2,22,24,26)/t9-,10+,11-,12+,13+,20+/m0/s1. The van der Waals surface area contributed by atoms with Gasteiger partial charge in [0.2, 0.25) is 0 Å². The van der Waals surface area contributed by atoms with Crippen LogP contribution in [0.25, 0.3) is 22.3 Å². The van der Waals surface area contributed by atoms with Gasteiger partial charge in [-0.25, -0.2) is 39.0 Å². The van der Waals surface area contributed by atoms with E-state index in [9.17, 15) is 18.9 Å². The SMILES string of the molecule is Nc1ncnc2c1ncn2[C@@H]1O[C@@H]2COP(=O)(O)O[C@@H]3C[C@H](n4cnc5c(N)ncnc54)O[C@@H]3COP(=O)(O)O[C@H]1C2. The van der Waals surface area contributed by atoms with Crippen LogP contribution in [0.15, 0.2) is 25.3 Å². The predicted octanol–water partition coefficient (Wildman–Crippen LogP) is 0.424. The van der Waals surface area contributed by atoms with E-state index >= 15 is 0 Å². The molecule has 0 aromatic carbocycles. The summed E-state index contributed by atoms with van der Waals surface area (Å²) in [5.74, 6) is 0.273. The molecular formula is C20H24N10O10P2. The van der Waals surface area contributed by atoms with Gasteiger partial charge in [-0.3, -0.25) is 27.2 Å². The molecule has 0 aliphatic carbocycles. The molecule has 2 unspecified atom stereocenters. The van der Waals surface area contributed by atoms with Crippen LogP contribution in [0.5, 0.6) is 0 Å². The Morgan fingerprint density at radius 2 is 1.33 bits per heavy atom. The van der Waals surface area contributed by atoms with Crippen LogP contribution in [0.1, 0.15) is 25.3 Å². The molecule has 20 nitrogen and oxygen atoms in total. The maximum absolute atomic E-state index is 13.1. The van der Waals surface area contributed by atoms with Gasteiger partial charge in [0.1, 0.15) is 48.2 Å². The Balaban J connectivity index is 1.16. The van der Waals surface area contributed by atoms with Crippen molar-refractivity contribution in [2.45, 2.75) is 49.7 Å². The van der Waals surface area contributed by atoms with E-state index < -0.39 is 65.7 Å². The number of aromatic nitrogens is 8. The highest BCUT2D eigenvalue weighted by atomic mass is 31.2. The fraction of sp³-hybridized carbons (Fsp3) is 0.500. The van der Waals surface area contributed by atoms with Crippen molar-refractivity contribution in [1.29, 1.82) is 0 Å². The summed E-state index contributed by atoms with van der Waals surface area (Å²) in [6.07, 6.45) is -0.736. The Morgan fingerprint density at radius 1 is 0.738 bits per heavy atom. The van der Waals surface area contributed by atoms with Gasteiger partial charge < -0.3 is 30.7 Å². The molecule has 0 radical (unpaired) electrons. The predicted molar refractivity (Wildman–Crippen MR) is 138 cm³/mol. The number of nitrogens with two attached hydrogens (primary N) is 2. The summed E-state index contributed by atoms with van der Waals surface area (Å²) in [4.78, 5) is 45.8. The first-order valence-electron chi connectivity index (χ1n) is 12.6. The van der Waals surface area contributed by atoms with Crippen molar-refractivity contribution in [3.63, 3.8) is 0 Å². The van der Waals surface area contributed by atoms with Gasteiger partial charge in [-0.1, -0.05) is 0 Å². The minimum Gasteiger partial charge on any atom is -0.382 e. The molecule has 0 spiro atoms.